The van der Waals surface area contributed by atoms with Crippen molar-refractivity contribution < 1.29 is 9.53 Å². The van der Waals surface area contributed by atoms with Crippen LogP contribution in [0.2, 0.25) is 0 Å². The minimum absolute atomic E-state index is 0.0428. The summed E-state index contributed by atoms with van der Waals surface area (Å²) in [5, 5.41) is 0. The average molecular weight is 249 g/mol. The predicted octanol–water partition coefficient (Wildman–Crippen LogP) is 1.06. The van der Waals surface area contributed by atoms with Crippen molar-refractivity contribution in [3.63, 3.8) is 0 Å². The lowest BCUT2D eigenvalue weighted by atomic mass is 10.1. The van der Waals surface area contributed by atoms with E-state index in [0.29, 0.717) is 19.6 Å². The Labute approximate surface area is 107 Å². The number of ether oxygens (including phenoxy) is 1. The maximum Gasteiger partial charge on any atom is 0.320 e. The highest BCUT2D eigenvalue weighted by Gasteiger charge is 2.35. The van der Waals surface area contributed by atoms with Crippen molar-refractivity contribution in [3.8, 4) is 5.75 Å². The van der Waals surface area contributed by atoms with Crippen LogP contribution in [0, 0.1) is 0 Å². The fourth-order valence-corrected chi connectivity index (χ4v) is 2.29. The Morgan fingerprint density at radius 3 is 2.61 bits per heavy atom. The van der Waals surface area contributed by atoms with Gasteiger partial charge in [-0.25, -0.2) is 4.79 Å². The maximum absolute atomic E-state index is 12.0. The number of urea groups is 1. The molecule has 0 saturated carbocycles. The average Bonchev–Trinajstić information content (AvgIpc) is 2.68. The van der Waals surface area contributed by atoms with Gasteiger partial charge in [0.25, 0.3) is 0 Å². The number of methoxy groups -OCH3 is 1. The highest BCUT2D eigenvalue weighted by molar-refractivity contribution is 5.77. The third kappa shape index (κ3) is 2.26. The van der Waals surface area contributed by atoms with E-state index in [2.05, 4.69) is 0 Å². The number of benzene rings is 1. The predicted molar refractivity (Wildman–Crippen MR) is 69.5 cm³/mol. The van der Waals surface area contributed by atoms with Gasteiger partial charge in [-0.2, -0.15) is 0 Å². The zero-order valence-corrected chi connectivity index (χ0v) is 10.8. The highest BCUT2D eigenvalue weighted by atomic mass is 16.5. The number of rotatable bonds is 4. The van der Waals surface area contributed by atoms with E-state index in [-0.39, 0.29) is 12.1 Å². The Morgan fingerprint density at radius 2 is 2.06 bits per heavy atom. The molecule has 1 aromatic rings. The summed E-state index contributed by atoms with van der Waals surface area (Å²) in [6.45, 7) is 1.76. The zero-order chi connectivity index (χ0) is 13.1. The summed E-state index contributed by atoms with van der Waals surface area (Å²) in [6.07, 6.45) is 0. The van der Waals surface area contributed by atoms with E-state index in [9.17, 15) is 4.79 Å². The first-order chi connectivity index (χ1) is 8.67. The number of carbonyl (C=O) groups is 1. The number of carbonyl (C=O) groups excluding carboxylic acids is 1. The number of hydrogen-bond acceptors (Lipinski definition) is 3. The van der Waals surface area contributed by atoms with Gasteiger partial charge in [0.05, 0.1) is 13.2 Å². The highest BCUT2D eigenvalue weighted by Crippen LogP contribution is 2.29. The summed E-state index contributed by atoms with van der Waals surface area (Å²) in [7, 11) is 3.46. The van der Waals surface area contributed by atoms with Crippen LogP contribution in [-0.4, -0.2) is 49.6 Å². The maximum atomic E-state index is 12.0. The molecule has 2 amide bonds. The Kier molecular flexibility index (Phi) is 3.72. The minimum atomic E-state index is 0.0428. The van der Waals surface area contributed by atoms with Crippen LogP contribution < -0.4 is 10.5 Å². The number of nitrogens with two attached hydrogens (primary N) is 1. The van der Waals surface area contributed by atoms with E-state index in [1.165, 1.54) is 0 Å². The summed E-state index contributed by atoms with van der Waals surface area (Å²) < 4.78 is 5.14. The molecule has 1 saturated heterocycles. The van der Waals surface area contributed by atoms with Crippen molar-refractivity contribution in [3.05, 3.63) is 29.8 Å². The lowest BCUT2D eigenvalue weighted by molar-refractivity contribution is 0.192. The van der Waals surface area contributed by atoms with Gasteiger partial charge in [-0.3, -0.25) is 0 Å². The van der Waals surface area contributed by atoms with Crippen LogP contribution in [0.25, 0.3) is 0 Å². The third-order valence-corrected chi connectivity index (χ3v) is 3.27. The zero-order valence-electron chi connectivity index (χ0n) is 10.8. The molecule has 2 rings (SSSR count). The second kappa shape index (κ2) is 5.27. The molecule has 18 heavy (non-hydrogen) atoms. The topological polar surface area (TPSA) is 58.8 Å². The Balaban J connectivity index is 2.22. The Bertz CT molecular complexity index is 419. The van der Waals surface area contributed by atoms with Crippen molar-refractivity contribution in [2.75, 3.05) is 33.8 Å². The fourth-order valence-electron chi connectivity index (χ4n) is 2.29. The van der Waals surface area contributed by atoms with Gasteiger partial charge >= 0.3 is 6.03 Å². The van der Waals surface area contributed by atoms with Crippen molar-refractivity contribution in [1.82, 2.24) is 9.80 Å². The molecule has 1 unspecified atom stereocenters. The first-order valence-electron chi connectivity index (χ1n) is 6.03. The van der Waals surface area contributed by atoms with Gasteiger partial charge in [-0.05, 0) is 17.7 Å². The molecule has 0 aliphatic carbocycles. The van der Waals surface area contributed by atoms with Crippen molar-refractivity contribution >= 4 is 6.03 Å². The minimum Gasteiger partial charge on any atom is -0.497 e. The molecule has 0 spiro atoms. The molecule has 1 aliphatic rings. The van der Waals surface area contributed by atoms with Crippen LogP contribution in [0.5, 0.6) is 5.75 Å². The summed E-state index contributed by atoms with van der Waals surface area (Å²) in [5.41, 5.74) is 6.68. The first-order valence-corrected chi connectivity index (χ1v) is 6.03. The van der Waals surface area contributed by atoms with E-state index in [1.807, 2.05) is 36.2 Å². The summed E-state index contributed by atoms with van der Waals surface area (Å²) >= 11 is 0. The molecule has 1 aliphatic heterocycles. The van der Waals surface area contributed by atoms with Gasteiger partial charge in [0.1, 0.15) is 5.75 Å². The first kappa shape index (κ1) is 12.7. The van der Waals surface area contributed by atoms with E-state index >= 15 is 0 Å². The van der Waals surface area contributed by atoms with E-state index in [0.717, 1.165) is 11.3 Å². The molecule has 1 heterocycles. The summed E-state index contributed by atoms with van der Waals surface area (Å²) in [4.78, 5) is 15.5. The molecule has 0 radical (unpaired) electrons. The largest absolute Gasteiger partial charge is 0.497 e. The van der Waals surface area contributed by atoms with Crippen LogP contribution >= 0.6 is 0 Å². The second-order valence-electron chi connectivity index (χ2n) is 4.43. The van der Waals surface area contributed by atoms with Crippen molar-refractivity contribution in [1.29, 1.82) is 0 Å². The number of amides is 2. The van der Waals surface area contributed by atoms with Crippen LogP contribution in [0.1, 0.15) is 11.6 Å². The molecule has 5 nitrogen and oxygen atoms in total. The molecule has 0 bridgehead atoms. The van der Waals surface area contributed by atoms with E-state index < -0.39 is 0 Å². The second-order valence-corrected chi connectivity index (χ2v) is 4.43. The quantitative estimate of drug-likeness (QED) is 0.868. The normalized spacial score (nSPS) is 19.5. The Hall–Kier alpha value is -1.75. The number of nitrogens with zero attached hydrogens (tertiary/aromatic N) is 2. The van der Waals surface area contributed by atoms with Crippen molar-refractivity contribution in [2.24, 2.45) is 5.73 Å². The molecule has 98 valence electrons. The summed E-state index contributed by atoms with van der Waals surface area (Å²) in [5.74, 6) is 0.821. The van der Waals surface area contributed by atoms with E-state index in [1.54, 1.807) is 12.0 Å². The Morgan fingerprint density at radius 1 is 1.39 bits per heavy atom. The summed E-state index contributed by atoms with van der Waals surface area (Å²) in [6, 6.07) is 7.95. The SMILES string of the molecule is COc1ccc(C2CN(C)C(=O)N2CCN)cc1. The third-order valence-electron chi connectivity index (χ3n) is 3.27. The van der Waals surface area contributed by atoms with E-state index in [4.69, 9.17) is 10.5 Å². The van der Waals surface area contributed by atoms with Gasteiger partial charge < -0.3 is 20.3 Å². The molecule has 2 N–H and O–H groups in total. The number of likely N-dealkylation sites (N-methyl/N-ethyl adjacent to an activating group) is 1. The fraction of sp³-hybridized carbons (Fsp3) is 0.462. The standard InChI is InChI=1S/C13H19N3O2/c1-15-9-12(16(8-7-14)13(15)17)10-3-5-11(18-2)6-4-10/h3-6,12H,7-9,14H2,1-2H3. The van der Waals surface area contributed by atoms with Crippen LogP contribution in [0.4, 0.5) is 4.79 Å². The molecular formula is C13H19N3O2. The molecule has 5 heteroatoms. The lowest BCUT2D eigenvalue weighted by Crippen LogP contribution is -2.34. The lowest BCUT2D eigenvalue weighted by Gasteiger charge is -2.22. The van der Waals surface area contributed by atoms with Crippen molar-refractivity contribution in [2.45, 2.75) is 6.04 Å². The van der Waals surface area contributed by atoms with Gasteiger partial charge in [-0.15, -0.1) is 0 Å². The van der Waals surface area contributed by atoms with Crippen LogP contribution in [-0.2, 0) is 0 Å². The monoisotopic (exact) mass is 249 g/mol. The smallest absolute Gasteiger partial charge is 0.320 e. The molecule has 1 atom stereocenters. The molecule has 0 aromatic heterocycles. The van der Waals surface area contributed by atoms with Crippen LogP contribution in [0.3, 0.4) is 0 Å². The molecule has 1 fully saturated rings. The van der Waals surface area contributed by atoms with Gasteiger partial charge in [0.15, 0.2) is 0 Å². The molecular weight excluding hydrogens is 230 g/mol. The van der Waals surface area contributed by atoms with Gasteiger partial charge in [-0.1, -0.05) is 12.1 Å². The van der Waals surface area contributed by atoms with Gasteiger partial charge in [0.2, 0.25) is 0 Å². The molecule has 1 aromatic carbocycles. The number of hydrogen-bond donors (Lipinski definition) is 1. The van der Waals surface area contributed by atoms with Crippen LogP contribution in [0.15, 0.2) is 24.3 Å². The van der Waals surface area contributed by atoms with Gasteiger partial charge in [0, 0.05) is 26.7 Å².